The Morgan fingerprint density at radius 1 is 1.39 bits per heavy atom. The van der Waals surface area contributed by atoms with E-state index in [1.165, 1.54) is 0 Å². The molecule has 2 aromatic rings. The maximum absolute atomic E-state index is 5.67. The molecule has 0 spiro atoms. The van der Waals surface area contributed by atoms with Crippen molar-refractivity contribution < 1.29 is 4.74 Å². The van der Waals surface area contributed by atoms with Crippen LogP contribution in [0.3, 0.4) is 0 Å². The minimum absolute atomic E-state index is 0.308. The molecule has 1 atom stereocenters. The zero-order chi connectivity index (χ0) is 13.0. The predicted molar refractivity (Wildman–Crippen MR) is 76.2 cm³/mol. The lowest BCUT2D eigenvalue weighted by Crippen LogP contribution is -2.08. The Bertz CT molecular complexity index is 510. The molecule has 0 amide bonds. The summed E-state index contributed by atoms with van der Waals surface area (Å²) in [6.07, 6.45) is 0. The second-order valence-electron chi connectivity index (χ2n) is 4.14. The van der Waals surface area contributed by atoms with Crippen LogP contribution in [0.1, 0.15) is 24.8 Å². The summed E-state index contributed by atoms with van der Waals surface area (Å²) in [5, 5.41) is 3.15. The van der Waals surface area contributed by atoms with Crippen molar-refractivity contribution in [2.75, 3.05) is 13.2 Å². The first-order valence-electron chi connectivity index (χ1n) is 6.14. The predicted octanol–water partition coefficient (Wildman–Crippen LogP) is 3.27. The van der Waals surface area contributed by atoms with Gasteiger partial charge in [-0.2, -0.15) is 0 Å². The van der Waals surface area contributed by atoms with Gasteiger partial charge in [-0.1, -0.05) is 19.1 Å². The summed E-state index contributed by atoms with van der Waals surface area (Å²) in [5.41, 5.74) is 7.69. The Kier molecular flexibility index (Phi) is 4.33. The van der Waals surface area contributed by atoms with Gasteiger partial charge >= 0.3 is 0 Å². The maximum Gasteiger partial charge on any atom is 0.128 e. The van der Waals surface area contributed by atoms with Gasteiger partial charge < -0.3 is 10.5 Å². The van der Waals surface area contributed by atoms with Crippen LogP contribution >= 0.6 is 11.3 Å². The third-order valence-electron chi connectivity index (χ3n) is 2.76. The number of nitrogens with zero attached hydrogens (tertiary/aromatic N) is 1. The minimum atomic E-state index is 0.308. The molecule has 0 radical (unpaired) electrons. The van der Waals surface area contributed by atoms with E-state index in [2.05, 4.69) is 17.3 Å². The van der Waals surface area contributed by atoms with E-state index in [1.54, 1.807) is 11.3 Å². The number of rotatable bonds is 5. The van der Waals surface area contributed by atoms with Crippen molar-refractivity contribution in [3.8, 4) is 17.0 Å². The molecule has 0 bridgehead atoms. The lowest BCUT2D eigenvalue weighted by Gasteiger charge is -2.08. The molecule has 3 nitrogen and oxygen atoms in total. The van der Waals surface area contributed by atoms with Gasteiger partial charge in [0.25, 0.3) is 0 Å². The molecule has 1 unspecified atom stereocenters. The first-order chi connectivity index (χ1) is 8.76. The van der Waals surface area contributed by atoms with E-state index in [0.29, 0.717) is 19.1 Å². The van der Waals surface area contributed by atoms with E-state index < -0.39 is 0 Å². The smallest absolute Gasteiger partial charge is 0.128 e. The maximum atomic E-state index is 5.67. The third-order valence-corrected chi connectivity index (χ3v) is 3.84. The highest BCUT2D eigenvalue weighted by atomic mass is 32.1. The van der Waals surface area contributed by atoms with Gasteiger partial charge in [0, 0.05) is 23.4 Å². The third kappa shape index (κ3) is 2.71. The molecule has 2 rings (SSSR count). The molecule has 0 saturated carbocycles. The van der Waals surface area contributed by atoms with Crippen molar-refractivity contribution in [2.24, 2.45) is 5.73 Å². The summed E-state index contributed by atoms with van der Waals surface area (Å²) in [5.74, 6) is 1.19. The number of para-hydroxylation sites is 1. The lowest BCUT2D eigenvalue weighted by molar-refractivity contribution is 0.341. The Morgan fingerprint density at radius 2 is 2.17 bits per heavy atom. The van der Waals surface area contributed by atoms with Crippen molar-refractivity contribution >= 4 is 11.3 Å². The van der Waals surface area contributed by atoms with Gasteiger partial charge in [0.2, 0.25) is 0 Å². The van der Waals surface area contributed by atoms with Gasteiger partial charge in [0.1, 0.15) is 5.75 Å². The fourth-order valence-electron chi connectivity index (χ4n) is 1.70. The summed E-state index contributed by atoms with van der Waals surface area (Å²) in [6, 6.07) is 7.99. The first-order valence-corrected chi connectivity index (χ1v) is 7.02. The highest BCUT2D eigenvalue weighted by Crippen LogP contribution is 2.32. The van der Waals surface area contributed by atoms with E-state index >= 15 is 0 Å². The Labute approximate surface area is 112 Å². The molecule has 18 heavy (non-hydrogen) atoms. The van der Waals surface area contributed by atoms with Gasteiger partial charge in [0.15, 0.2) is 0 Å². The molecule has 4 heteroatoms. The second kappa shape index (κ2) is 5.98. The molecule has 0 aliphatic carbocycles. The summed E-state index contributed by atoms with van der Waals surface area (Å²) in [7, 11) is 0. The SMILES string of the molecule is CCOc1ccccc1-c1csc(C(C)CN)n1. The Morgan fingerprint density at radius 3 is 2.89 bits per heavy atom. The van der Waals surface area contributed by atoms with Gasteiger partial charge in [-0.15, -0.1) is 11.3 Å². The highest BCUT2D eigenvalue weighted by Gasteiger charge is 2.12. The summed E-state index contributed by atoms with van der Waals surface area (Å²) in [4.78, 5) is 4.65. The number of benzene rings is 1. The number of thiazole rings is 1. The van der Waals surface area contributed by atoms with Crippen LogP contribution in [0, 0.1) is 0 Å². The molecule has 0 aliphatic rings. The van der Waals surface area contributed by atoms with Gasteiger partial charge in [-0.05, 0) is 19.1 Å². The summed E-state index contributed by atoms with van der Waals surface area (Å²) >= 11 is 1.66. The van der Waals surface area contributed by atoms with E-state index in [1.807, 2.05) is 31.2 Å². The molecule has 0 aliphatic heterocycles. The highest BCUT2D eigenvalue weighted by molar-refractivity contribution is 7.10. The normalized spacial score (nSPS) is 12.4. The first kappa shape index (κ1) is 13.1. The van der Waals surface area contributed by atoms with Crippen LogP contribution in [0.25, 0.3) is 11.3 Å². The van der Waals surface area contributed by atoms with Crippen LogP contribution in [0.15, 0.2) is 29.6 Å². The van der Waals surface area contributed by atoms with Crippen molar-refractivity contribution in [1.82, 2.24) is 4.98 Å². The molecule has 1 aromatic heterocycles. The Balaban J connectivity index is 2.33. The van der Waals surface area contributed by atoms with Crippen LogP contribution in [-0.2, 0) is 0 Å². The number of hydrogen-bond acceptors (Lipinski definition) is 4. The van der Waals surface area contributed by atoms with Crippen molar-refractivity contribution in [3.63, 3.8) is 0 Å². The Hall–Kier alpha value is -1.39. The molecular weight excluding hydrogens is 244 g/mol. The van der Waals surface area contributed by atoms with Crippen molar-refractivity contribution in [2.45, 2.75) is 19.8 Å². The quantitative estimate of drug-likeness (QED) is 0.899. The molecule has 0 fully saturated rings. The van der Waals surface area contributed by atoms with E-state index in [9.17, 15) is 0 Å². The number of nitrogens with two attached hydrogens (primary N) is 1. The summed E-state index contributed by atoms with van der Waals surface area (Å²) < 4.78 is 5.63. The number of ether oxygens (including phenoxy) is 1. The van der Waals surface area contributed by atoms with Gasteiger partial charge in [-0.3, -0.25) is 0 Å². The second-order valence-corrected chi connectivity index (χ2v) is 5.03. The molecule has 2 N–H and O–H groups in total. The number of hydrogen-bond donors (Lipinski definition) is 1. The van der Waals surface area contributed by atoms with Crippen LogP contribution in [0.4, 0.5) is 0 Å². The van der Waals surface area contributed by atoms with Crippen molar-refractivity contribution in [3.05, 3.63) is 34.7 Å². The lowest BCUT2D eigenvalue weighted by atomic mass is 10.1. The van der Waals surface area contributed by atoms with Gasteiger partial charge in [-0.25, -0.2) is 4.98 Å². The van der Waals surface area contributed by atoms with Crippen LogP contribution in [-0.4, -0.2) is 18.1 Å². The van der Waals surface area contributed by atoms with E-state index in [-0.39, 0.29) is 0 Å². The molecule has 1 aromatic carbocycles. The standard InChI is InChI=1S/C14H18N2OS/c1-3-17-13-7-5-4-6-11(13)12-9-18-14(16-12)10(2)8-15/h4-7,9-10H,3,8,15H2,1-2H3. The topological polar surface area (TPSA) is 48.1 Å². The van der Waals surface area contributed by atoms with Gasteiger partial charge in [0.05, 0.1) is 17.3 Å². The zero-order valence-corrected chi connectivity index (χ0v) is 11.5. The fourth-order valence-corrected chi connectivity index (χ4v) is 2.59. The van der Waals surface area contributed by atoms with E-state index in [0.717, 1.165) is 22.0 Å². The largest absolute Gasteiger partial charge is 0.493 e. The summed E-state index contributed by atoms with van der Waals surface area (Å²) in [6.45, 7) is 5.37. The van der Waals surface area contributed by atoms with Crippen molar-refractivity contribution in [1.29, 1.82) is 0 Å². The van der Waals surface area contributed by atoms with Crippen LogP contribution < -0.4 is 10.5 Å². The molecular formula is C14H18N2OS. The molecule has 1 heterocycles. The monoisotopic (exact) mass is 262 g/mol. The zero-order valence-electron chi connectivity index (χ0n) is 10.7. The minimum Gasteiger partial charge on any atom is -0.493 e. The van der Waals surface area contributed by atoms with Crippen LogP contribution in [0.2, 0.25) is 0 Å². The van der Waals surface area contributed by atoms with Crippen LogP contribution in [0.5, 0.6) is 5.75 Å². The average Bonchev–Trinajstić information content (AvgIpc) is 2.88. The average molecular weight is 262 g/mol. The molecule has 96 valence electrons. The fraction of sp³-hybridized carbons (Fsp3) is 0.357. The van der Waals surface area contributed by atoms with E-state index in [4.69, 9.17) is 10.5 Å². The number of aromatic nitrogens is 1. The molecule has 0 saturated heterocycles.